The summed E-state index contributed by atoms with van der Waals surface area (Å²) >= 11 is 0. The van der Waals surface area contributed by atoms with Crippen LogP contribution in [-0.4, -0.2) is 7.11 Å². The molecule has 4 rings (SSSR count). The van der Waals surface area contributed by atoms with Crippen LogP contribution in [0.4, 0.5) is 17.6 Å². The van der Waals surface area contributed by atoms with Crippen molar-refractivity contribution in [2.24, 2.45) is 0 Å². The van der Waals surface area contributed by atoms with Crippen molar-refractivity contribution in [3.8, 4) is 28.0 Å². The topological polar surface area (TPSA) is 9.23 Å². The summed E-state index contributed by atoms with van der Waals surface area (Å²) in [6.45, 7) is 2.16. The van der Waals surface area contributed by atoms with Crippen LogP contribution in [0.5, 0.6) is 5.75 Å². The highest BCUT2D eigenvalue weighted by molar-refractivity contribution is 5.89. The summed E-state index contributed by atoms with van der Waals surface area (Å²) in [6, 6.07) is 16.5. The second-order valence-electron chi connectivity index (χ2n) is 8.08. The molecule has 0 aromatic heterocycles. The Kier molecular flexibility index (Phi) is 6.68. The lowest BCUT2D eigenvalue weighted by Crippen LogP contribution is -1.99. The lowest BCUT2D eigenvalue weighted by Gasteiger charge is -2.11. The standard InChI is InChI=1S/C28H24F4O/c1-3-4-5-6-17-7-13-22-20(15-17)12-14-21(25(22)30)18-8-10-19(11-9-18)23-16-24(29)28(33-2)27(32)26(23)31/h7-16H,3-6H2,1-2H3. The van der Waals surface area contributed by atoms with Gasteiger partial charge < -0.3 is 4.74 Å². The first-order valence-electron chi connectivity index (χ1n) is 11.0. The minimum absolute atomic E-state index is 0.230. The van der Waals surface area contributed by atoms with Gasteiger partial charge in [0.15, 0.2) is 17.4 Å². The Labute approximate surface area is 190 Å². The van der Waals surface area contributed by atoms with Gasteiger partial charge in [-0.15, -0.1) is 0 Å². The van der Waals surface area contributed by atoms with Crippen LogP contribution in [0.2, 0.25) is 0 Å². The van der Waals surface area contributed by atoms with Crippen molar-refractivity contribution in [3.63, 3.8) is 0 Å². The van der Waals surface area contributed by atoms with E-state index >= 15 is 4.39 Å². The average Bonchev–Trinajstić information content (AvgIpc) is 2.82. The van der Waals surface area contributed by atoms with Gasteiger partial charge in [0.25, 0.3) is 0 Å². The molecular weight excluding hydrogens is 428 g/mol. The molecule has 0 amide bonds. The average molecular weight is 452 g/mol. The minimum Gasteiger partial charge on any atom is -0.491 e. The predicted octanol–water partition coefficient (Wildman–Crippen LogP) is 8.47. The molecule has 0 unspecified atom stereocenters. The number of aryl methyl sites for hydroxylation is 1. The fourth-order valence-corrected chi connectivity index (χ4v) is 4.10. The summed E-state index contributed by atoms with van der Waals surface area (Å²) in [4.78, 5) is 0. The van der Waals surface area contributed by atoms with Crippen molar-refractivity contribution in [2.75, 3.05) is 7.11 Å². The minimum atomic E-state index is -1.38. The predicted molar refractivity (Wildman–Crippen MR) is 124 cm³/mol. The lowest BCUT2D eigenvalue weighted by molar-refractivity contribution is 0.347. The maximum Gasteiger partial charge on any atom is 0.204 e. The molecule has 0 N–H and O–H groups in total. The number of hydrogen-bond donors (Lipinski definition) is 0. The second kappa shape index (κ2) is 9.65. The molecule has 5 heteroatoms. The van der Waals surface area contributed by atoms with Crippen LogP contribution in [0.3, 0.4) is 0 Å². The molecular formula is C28H24F4O. The fourth-order valence-electron chi connectivity index (χ4n) is 4.10. The second-order valence-corrected chi connectivity index (χ2v) is 8.08. The Hall–Kier alpha value is -3.34. The van der Waals surface area contributed by atoms with Crippen molar-refractivity contribution >= 4 is 10.8 Å². The third-order valence-corrected chi connectivity index (χ3v) is 5.92. The van der Waals surface area contributed by atoms with Gasteiger partial charge in [0.2, 0.25) is 5.82 Å². The molecule has 4 aromatic rings. The van der Waals surface area contributed by atoms with E-state index in [-0.39, 0.29) is 16.9 Å². The van der Waals surface area contributed by atoms with Crippen LogP contribution in [0.1, 0.15) is 31.7 Å². The molecule has 1 nitrogen and oxygen atoms in total. The lowest BCUT2D eigenvalue weighted by atomic mass is 9.96. The number of ether oxygens (including phenoxy) is 1. The Morgan fingerprint density at radius 1 is 0.697 bits per heavy atom. The highest BCUT2D eigenvalue weighted by atomic mass is 19.2. The van der Waals surface area contributed by atoms with Crippen LogP contribution in [-0.2, 0) is 6.42 Å². The van der Waals surface area contributed by atoms with Gasteiger partial charge in [-0.05, 0) is 41.0 Å². The summed E-state index contributed by atoms with van der Waals surface area (Å²) < 4.78 is 62.4. The van der Waals surface area contributed by atoms with Crippen LogP contribution >= 0.6 is 0 Å². The van der Waals surface area contributed by atoms with Gasteiger partial charge in [-0.3, -0.25) is 0 Å². The van der Waals surface area contributed by atoms with Crippen LogP contribution in [0.25, 0.3) is 33.0 Å². The van der Waals surface area contributed by atoms with E-state index in [1.165, 1.54) is 24.1 Å². The number of rotatable bonds is 7. The zero-order valence-electron chi connectivity index (χ0n) is 18.5. The monoisotopic (exact) mass is 452 g/mol. The number of unbranched alkanes of at least 4 members (excludes halogenated alkanes) is 2. The number of fused-ring (bicyclic) bond motifs is 1. The first kappa shape index (κ1) is 22.8. The third-order valence-electron chi connectivity index (χ3n) is 5.92. The molecule has 0 aliphatic rings. The Balaban J connectivity index is 1.66. The van der Waals surface area contributed by atoms with Crippen molar-refractivity contribution in [3.05, 3.63) is 89.5 Å². The highest BCUT2D eigenvalue weighted by Gasteiger charge is 2.20. The maximum atomic E-state index is 15.3. The number of methoxy groups -OCH3 is 1. The molecule has 0 radical (unpaired) electrons. The Morgan fingerprint density at radius 3 is 2.06 bits per heavy atom. The van der Waals surface area contributed by atoms with Gasteiger partial charge in [-0.2, -0.15) is 4.39 Å². The van der Waals surface area contributed by atoms with E-state index < -0.39 is 23.2 Å². The van der Waals surface area contributed by atoms with Gasteiger partial charge >= 0.3 is 0 Å². The molecule has 0 saturated heterocycles. The van der Waals surface area contributed by atoms with Crippen molar-refractivity contribution in [1.29, 1.82) is 0 Å². The largest absolute Gasteiger partial charge is 0.491 e. The zero-order chi connectivity index (χ0) is 23.5. The molecule has 0 fully saturated rings. The van der Waals surface area contributed by atoms with E-state index in [1.807, 2.05) is 24.3 Å². The number of benzene rings is 4. The molecule has 0 aliphatic carbocycles. The molecule has 0 atom stereocenters. The van der Waals surface area contributed by atoms with Crippen molar-refractivity contribution in [1.82, 2.24) is 0 Å². The summed E-state index contributed by atoms with van der Waals surface area (Å²) in [5, 5.41) is 1.37. The molecule has 0 bridgehead atoms. The molecule has 0 saturated carbocycles. The van der Waals surface area contributed by atoms with Gasteiger partial charge in [-0.25, -0.2) is 13.2 Å². The summed E-state index contributed by atoms with van der Waals surface area (Å²) in [7, 11) is 1.07. The summed E-state index contributed by atoms with van der Waals surface area (Å²) in [6.07, 6.45) is 4.40. The Morgan fingerprint density at radius 2 is 1.39 bits per heavy atom. The van der Waals surface area contributed by atoms with Crippen molar-refractivity contribution < 1.29 is 22.3 Å². The SMILES string of the molecule is CCCCCc1ccc2c(F)c(-c3ccc(-c4cc(F)c(OC)c(F)c4F)cc3)ccc2c1. The third kappa shape index (κ3) is 4.45. The smallest absolute Gasteiger partial charge is 0.204 e. The normalized spacial score (nSPS) is 11.2. The molecule has 33 heavy (non-hydrogen) atoms. The molecule has 170 valence electrons. The fraction of sp³-hybridized carbons (Fsp3) is 0.214. The summed E-state index contributed by atoms with van der Waals surface area (Å²) in [5.41, 5.74) is 2.22. The van der Waals surface area contributed by atoms with Gasteiger partial charge in [0, 0.05) is 16.5 Å². The van der Waals surface area contributed by atoms with E-state index in [9.17, 15) is 13.2 Å². The highest BCUT2D eigenvalue weighted by Crippen LogP contribution is 2.35. The van der Waals surface area contributed by atoms with E-state index in [1.54, 1.807) is 18.2 Å². The molecule has 0 heterocycles. The van der Waals surface area contributed by atoms with Crippen LogP contribution < -0.4 is 4.74 Å². The van der Waals surface area contributed by atoms with Crippen molar-refractivity contribution in [2.45, 2.75) is 32.6 Å². The zero-order valence-corrected chi connectivity index (χ0v) is 18.5. The van der Waals surface area contributed by atoms with E-state index in [2.05, 4.69) is 11.7 Å². The van der Waals surface area contributed by atoms with E-state index in [0.717, 1.165) is 37.8 Å². The van der Waals surface area contributed by atoms with E-state index in [4.69, 9.17) is 0 Å². The van der Waals surface area contributed by atoms with Gasteiger partial charge in [0.1, 0.15) is 5.82 Å². The molecule has 0 aliphatic heterocycles. The first-order valence-corrected chi connectivity index (χ1v) is 11.0. The van der Waals surface area contributed by atoms with Crippen LogP contribution in [0.15, 0.2) is 60.7 Å². The first-order chi connectivity index (χ1) is 15.9. The molecule has 4 aromatic carbocycles. The molecule has 0 spiro atoms. The Bertz CT molecular complexity index is 1300. The number of hydrogen-bond acceptors (Lipinski definition) is 1. The quantitative estimate of drug-likeness (QED) is 0.155. The maximum absolute atomic E-state index is 15.3. The summed E-state index contributed by atoms with van der Waals surface area (Å²) in [5.74, 6) is -4.68. The van der Waals surface area contributed by atoms with E-state index in [0.29, 0.717) is 16.5 Å². The van der Waals surface area contributed by atoms with Crippen LogP contribution in [0, 0.1) is 23.3 Å². The van der Waals surface area contributed by atoms with Gasteiger partial charge in [-0.1, -0.05) is 74.4 Å². The van der Waals surface area contributed by atoms with Gasteiger partial charge in [0.05, 0.1) is 7.11 Å². The number of halogens is 4.